The zero-order chi connectivity index (χ0) is 14.9. The van der Waals surface area contributed by atoms with E-state index >= 15 is 0 Å². The molecule has 1 N–H and O–H groups in total. The van der Waals surface area contributed by atoms with Gasteiger partial charge in [0, 0.05) is 31.4 Å². The number of rotatable bonds is 3. The molecule has 1 aliphatic heterocycles. The highest BCUT2D eigenvalue weighted by Gasteiger charge is 2.41. The minimum absolute atomic E-state index is 0.0382. The molecular formula is C12H11N3O5. The first-order chi connectivity index (χ1) is 9.40. The third kappa shape index (κ3) is 2.48. The van der Waals surface area contributed by atoms with Crippen LogP contribution in [0.25, 0.3) is 0 Å². The average Bonchev–Trinajstić information content (AvgIpc) is 2.67. The normalized spacial score (nSPS) is 18.2. The number of nitro groups is 1. The molecule has 2 rings (SSSR count). The van der Waals surface area contributed by atoms with Gasteiger partial charge in [-0.05, 0) is 12.1 Å². The van der Waals surface area contributed by atoms with Crippen molar-refractivity contribution in [2.24, 2.45) is 5.92 Å². The van der Waals surface area contributed by atoms with Gasteiger partial charge in [-0.2, -0.15) is 0 Å². The summed E-state index contributed by atoms with van der Waals surface area (Å²) >= 11 is 0. The number of hydrogen-bond donors (Lipinski definition) is 1. The Morgan fingerprint density at radius 3 is 2.40 bits per heavy atom. The number of likely N-dealkylation sites (tertiary alicyclic amines) is 1. The van der Waals surface area contributed by atoms with Gasteiger partial charge in [-0.1, -0.05) is 0 Å². The number of nitro benzene ring substituents is 1. The van der Waals surface area contributed by atoms with Gasteiger partial charge in [0.1, 0.15) is 5.92 Å². The van der Waals surface area contributed by atoms with E-state index in [9.17, 15) is 24.5 Å². The second-order valence-corrected chi connectivity index (χ2v) is 4.40. The van der Waals surface area contributed by atoms with Crippen molar-refractivity contribution in [3.63, 3.8) is 0 Å². The zero-order valence-electron chi connectivity index (χ0n) is 10.5. The molecule has 0 radical (unpaired) electrons. The van der Waals surface area contributed by atoms with Crippen molar-refractivity contribution >= 4 is 29.0 Å². The highest BCUT2D eigenvalue weighted by atomic mass is 16.6. The summed E-state index contributed by atoms with van der Waals surface area (Å²) < 4.78 is 0. The smallest absolute Gasteiger partial charge is 0.290 e. The lowest BCUT2D eigenvalue weighted by Gasteiger charge is -2.09. The van der Waals surface area contributed by atoms with Gasteiger partial charge >= 0.3 is 0 Å². The molecule has 8 heteroatoms. The van der Waals surface area contributed by atoms with Crippen LogP contribution >= 0.6 is 0 Å². The Hall–Kier alpha value is -2.77. The van der Waals surface area contributed by atoms with Crippen molar-refractivity contribution in [1.29, 1.82) is 0 Å². The molecule has 1 heterocycles. The number of nitrogens with one attached hydrogen (secondary N) is 1. The van der Waals surface area contributed by atoms with E-state index in [0.717, 1.165) is 0 Å². The number of carbonyl (C=O) groups is 3. The van der Waals surface area contributed by atoms with Crippen molar-refractivity contribution in [1.82, 2.24) is 4.90 Å². The van der Waals surface area contributed by atoms with Gasteiger partial charge in [-0.15, -0.1) is 0 Å². The van der Waals surface area contributed by atoms with Crippen LogP contribution in [0.5, 0.6) is 0 Å². The van der Waals surface area contributed by atoms with E-state index in [1.54, 1.807) is 0 Å². The number of hydrogen-bond acceptors (Lipinski definition) is 5. The molecule has 0 spiro atoms. The maximum Gasteiger partial charge on any atom is 0.290 e. The molecule has 0 aliphatic carbocycles. The molecular weight excluding hydrogens is 266 g/mol. The molecule has 0 aromatic heterocycles. The molecule has 1 fully saturated rings. The van der Waals surface area contributed by atoms with E-state index in [1.165, 1.54) is 36.2 Å². The third-order valence-corrected chi connectivity index (χ3v) is 2.99. The standard InChI is InChI=1S/C12H11N3O5/c1-14-6-9(10(16)12(14)18)11(17)13-7-2-4-8(5-3-7)15(19)20/h2-5,9H,6H2,1H3,(H,13,17). The van der Waals surface area contributed by atoms with Crippen molar-refractivity contribution in [3.8, 4) is 0 Å². The van der Waals surface area contributed by atoms with Gasteiger partial charge in [0.15, 0.2) is 0 Å². The van der Waals surface area contributed by atoms with Gasteiger partial charge in [0.25, 0.3) is 11.6 Å². The molecule has 1 saturated heterocycles. The summed E-state index contributed by atoms with van der Waals surface area (Å²) in [5.74, 6) is -3.06. The topological polar surface area (TPSA) is 110 Å². The van der Waals surface area contributed by atoms with Crippen LogP contribution in [0.15, 0.2) is 24.3 Å². The predicted octanol–water partition coefficient (Wildman–Crippen LogP) is 0.191. The van der Waals surface area contributed by atoms with Crippen LogP contribution in [0.3, 0.4) is 0 Å². The zero-order valence-corrected chi connectivity index (χ0v) is 10.5. The van der Waals surface area contributed by atoms with E-state index in [-0.39, 0.29) is 12.2 Å². The Kier molecular flexibility index (Phi) is 3.47. The van der Waals surface area contributed by atoms with Crippen LogP contribution in [-0.4, -0.2) is 41.0 Å². The van der Waals surface area contributed by atoms with Crippen LogP contribution in [0.1, 0.15) is 0 Å². The minimum Gasteiger partial charge on any atom is -0.338 e. The van der Waals surface area contributed by atoms with Gasteiger partial charge in [-0.25, -0.2) is 0 Å². The van der Waals surface area contributed by atoms with E-state index in [4.69, 9.17) is 0 Å². The Labute approximate surface area is 113 Å². The summed E-state index contributed by atoms with van der Waals surface area (Å²) in [5.41, 5.74) is 0.227. The van der Waals surface area contributed by atoms with E-state index in [1.807, 2.05) is 0 Å². The van der Waals surface area contributed by atoms with Crippen molar-refractivity contribution < 1.29 is 19.3 Å². The molecule has 1 aromatic rings. The quantitative estimate of drug-likeness (QED) is 0.367. The largest absolute Gasteiger partial charge is 0.338 e. The Morgan fingerprint density at radius 2 is 1.95 bits per heavy atom. The lowest BCUT2D eigenvalue weighted by Crippen LogP contribution is -2.29. The van der Waals surface area contributed by atoms with E-state index < -0.39 is 28.4 Å². The van der Waals surface area contributed by atoms with Crippen molar-refractivity contribution in [2.45, 2.75) is 0 Å². The van der Waals surface area contributed by atoms with Gasteiger partial charge in [0.2, 0.25) is 11.7 Å². The Bertz CT molecular complexity index is 596. The fourth-order valence-electron chi connectivity index (χ4n) is 1.87. The lowest BCUT2D eigenvalue weighted by molar-refractivity contribution is -0.384. The average molecular weight is 277 g/mol. The van der Waals surface area contributed by atoms with Crippen molar-refractivity contribution in [2.75, 3.05) is 18.9 Å². The number of likely N-dealkylation sites (N-methyl/N-ethyl adjacent to an activating group) is 1. The number of Topliss-reactive ketones (excluding diaryl/α,β-unsaturated/α-hetero) is 1. The maximum absolute atomic E-state index is 11.9. The predicted molar refractivity (Wildman–Crippen MR) is 67.9 cm³/mol. The number of nitrogens with zero attached hydrogens (tertiary/aromatic N) is 2. The van der Waals surface area contributed by atoms with Gasteiger partial charge < -0.3 is 10.2 Å². The number of benzene rings is 1. The fraction of sp³-hybridized carbons (Fsp3) is 0.250. The number of anilines is 1. The maximum atomic E-state index is 11.9. The highest BCUT2D eigenvalue weighted by molar-refractivity contribution is 6.43. The second kappa shape index (κ2) is 5.08. The van der Waals surface area contributed by atoms with Gasteiger partial charge in [-0.3, -0.25) is 24.5 Å². The molecule has 0 saturated carbocycles. The number of carbonyl (C=O) groups excluding carboxylic acids is 3. The van der Waals surface area contributed by atoms with Crippen LogP contribution in [-0.2, 0) is 14.4 Å². The number of amides is 2. The molecule has 104 valence electrons. The van der Waals surface area contributed by atoms with E-state index in [0.29, 0.717) is 5.69 Å². The Morgan fingerprint density at radius 1 is 1.35 bits per heavy atom. The summed E-state index contributed by atoms with van der Waals surface area (Å²) in [6.07, 6.45) is 0. The van der Waals surface area contributed by atoms with Crippen LogP contribution in [0.4, 0.5) is 11.4 Å². The molecule has 8 nitrogen and oxygen atoms in total. The molecule has 2 amide bonds. The molecule has 0 bridgehead atoms. The monoisotopic (exact) mass is 277 g/mol. The summed E-state index contributed by atoms with van der Waals surface area (Å²) in [6.45, 7) is 0.0382. The minimum atomic E-state index is -1.04. The number of ketones is 1. The Balaban J connectivity index is 2.07. The third-order valence-electron chi connectivity index (χ3n) is 2.99. The first kappa shape index (κ1) is 13.7. The van der Waals surface area contributed by atoms with E-state index in [2.05, 4.69) is 5.32 Å². The highest BCUT2D eigenvalue weighted by Crippen LogP contribution is 2.18. The first-order valence-corrected chi connectivity index (χ1v) is 5.75. The SMILES string of the molecule is CN1CC(C(=O)Nc2ccc([N+](=O)[O-])cc2)C(=O)C1=O. The second-order valence-electron chi connectivity index (χ2n) is 4.40. The van der Waals surface area contributed by atoms with Crippen LogP contribution < -0.4 is 5.32 Å². The molecule has 1 aromatic carbocycles. The number of non-ortho nitro benzene ring substituents is 1. The van der Waals surface area contributed by atoms with Crippen LogP contribution in [0.2, 0.25) is 0 Å². The molecule has 1 unspecified atom stereocenters. The summed E-state index contributed by atoms with van der Waals surface area (Å²) in [4.78, 5) is 45.9. The molecule has 1 aliphatic rings. The van der Waals surface area contributed by atoms with Gasteiger partial charge in [0.05, 0.1) is 4.92 Å². The van der Waals surface area contributed by atoms with Crippen molar-refractivity contribution in [3.05, 3.63) is 34.4 Å². The summed E-state index contributed by atoms with van der Waals surface area (Å²) in [5, 5.41) is 12.9. The van der Waals surface area contributed by atoms with Crippen LogP contribution in [0, 0.1) is 16.0 Å². The fourth-order valence-corrected chi connectivity index (χ4v) is 1.87. The lowest BCUT2D eigenvalue weighted by atomic mass is 10.1. The first-order valence-electron chi connectivity index (χ1n) is 5.75. The summed E-state index contributed by atoms with van der Waals surface area (Å²) in [6, 6.07) is 5.20. The molecule has 20 heavy (non-hydrogen) atoms. The molecule has 1 atom stereocenters. The summed E-state index contributed by atoms with van der Waals surface area (Å²) in [7, 11) is 1.44.